The largest absolute Gasteiger partial charge is 0.497 e. The molecule has 0 radical (unpaired) electrons. The molecule has 1 amide bonds. The predicted octanol–water partition coefficient (Wildman–Crippen LogP) is 9.69. The van der Waals surface area contributed by atoms with Crippen LogP contribution in [0.1, 0.15) is 44.7 Å². The number of nitrogens with zero attached hydrogens (tertiary/aromatic N) is 6. The van der Waals surface area contributed by atoms with E-state index in [-0.39, 0.29) is 51.2 Å². The summed E-state index contributed by atoms with van der Waals surface area (Å²) in [6, 6.07) is 18.3. The average Bonchev–Trinajstić information content (AvgIpc) is 3.42. The minimum absolute atomic E-state index is 0.0345. The molecule has 0 spiro atoms. The van der Waals surface area contributed by atoms with Crippen molar-refractivity contribution in [3.05, 3.63) is 97.3 Å². The summed E-state index contributed by atoms with van der Waals surface area (Å²) in [4.78, 5) is 31.8. The molecule has 288 valence electrons. The molecule has 2 atom stereocenters. The van der Waals surface area contributed by atoms with Gasteiger partial charge < -0.3 is 24.0 Å². The summed E-state index contributed by atoms with van der Waals surface area (Å²) >= 11 is 15.9. The maximum absolute atomic E-state index is 17.0. The van der Waals surface area contributed by atoms with Gasteiger partial charge in [0.2, 0.25) is 0 Å². The fraction of sp³-hybridized carbons (Fsp3) is 0.350. The first-order chi connectivity index (χ1) is 26.2. The SMILES string of the molecule is COc1ccc(CN(Cc2ccc(OC)cc2)c2cc(Cl)c(I)c(-c3c(Cl)cc4c(N5CC6CCC(C5)N6C(=O)OC(C)(C)C)nc(F)nc4c3F)n2)cc1. The van der Waals surface area contributed by atoms with E-state index in [1.165, 1.54) is 0 Å². The van der Waals surface area contributed by atoms with Crippen LogP contribution in [0.5, 0.6) is 11.5 Å². The Labute approximate surface area is 341 Å². The van der Waals surface area contributed by atoms with Gasteiger partial charge in [0.1, 0.15) is 34.3 Å². The molecule has 0 saturated carbocycles. The number of methoxy groups -OCH3 is 2. The molecule has 0 aliphatic carbocycles. The Hall–Kier alpha value is -4.21. The van der Waals surface area contributed by atoms with Crippen molar-refractivity contribution in [2.24, 2.45) is 0 Å². The van der Waals surface area contributed by atoms with Gasteiger partial charge >= 0.3 is 12.2 Å². The molecule has 5 aromatic rings. The third-order valence-electron chi connectivity index (χ3n) is 9.75. The maximum Gasteiger partial charge on any atom is 0.410 e. The number of amides is 1. The quantitative estimate of drug-likeness (QED) is 0.106. The maximum atomic E-state index is 17.0. The molecule has 55 heavy (non-hydrogen) atoms. The van der Waals surface area contributed by atoms with Crippen molar-refractivity contribution in [3.8, 4) is 22.8 Å². The number of hydrogen-bond donors (Lipinski definition) is 0. The summed E-state index contributed by atoms with van der Waals surface area (Å²) in [5.74, 6) is 1.27. The Morgan fingerprint density at radius 2 is 1.44 bits per heavy atom. The third-order valence-corrected chi connectivity index (χ3v) is 11.8. The number of piperazine rings is 1. The van der Waals surface area contributed by atoms with Crippen LogP contribution in [0.2, 0.25) is 10.0 Å². The van der Waals surface area contributed by atoms with E-state index >= 15 is 8.78 Å². The lowest BCUT2D eigenvalue weighted by Gasteiger charge is -2.42. The Kier molecular flexibility index (Phi) is 11.2. The van der Waals surface area contributed by atoms with Crippen molar-refractivity contribution in [1.82, 2.24) is 19.9 Å². The van der Waals surface area contributed by atoms with Crippen LogP contribution in [0.3, 0.4) is 0 Å². The number of carbonyl (C=O) groups is 1. The van der Waals surface area contributed by atoms with Gasteiger partial charge in [-0.25, -0.2) is 14.2 Å². The molecular weight excluding hydrogens is 864 g/mol. The van der Waals surface area contributed by atoms with Crippen LogP contribution in [0.4, 0.5) is 25.2 Å². The highest BCUT2D eigenvalue weighted by molar-refractivity contribution is 14.1. The second kappa shape index (κ2) is 15.7. The smallest absolute Gasteiger partial charge is 0.410 e. The van der Waals surface area contributed by atoms with Gasteiger partial charge in [-0.15, -0.1) is 0 Å². The number of benzene rings is 3. The monoisotopic (exact) mass is 902 g/mol. The molecule has 2 aliphatic rings. The number of halogens is 5. The normalized spacial score (nSPS) is 16.8. The third kappa shape index (κ3) is 8.20. The lowest BCUT2D eigenvalue weighted by molar-refractivity contribution is 0.0122. The lowest BCUT2D eigenvalue weighted by atomic mass is 10.1. The van der Waals surface area contributed by atoms with Crippen molar-refractivity contribution < 1.29 is 27.8 Å². The summed E-state index contributed by atoms with van der Waals surface area (Å²) in [5, 5.41) is 0.612. The van der Waals surface area contributed by atoms with Gasteiger partial charge in [-0.1, -0.05) is 47.5 Å². The minimum Gasteiger partial charge on any atom is -0.497 e. The van der Waals surface area contributed by atoms with Crippen molar-refractivity contribution in [2.75, 3.05) is 37.1 Å². The number of hydrogen-bond acceptors (Lipinski definition) is 9. The van der Waals surface area contributed by atoms with Gasteiger partial charge in [0.15, 0.2) is 5.82 Å². The molecule has 2 saturated heterocycles. The van der Waals surface area contributed by atoms with Crippen LogP contribution in [0.15, 0.2) is 60.7 Å². The molecule has 0 N–H and O–H groups in total. The number of rotatable bonds is 9. The van der Waals surface area contributed by atoms with Crippen molar-refractivity contribution >= 4 is 74.4 Å². The molecule has 3 aromatic carbocycles. The second-order valence-corrected chi connectivity index (χ2v) is 16.5. The van der Waals surface area contributed by atoms with Gasteiger partial charge in [0.25, 0.3) is 0 Å². The number of anilines is 2. The first-order valence-corrected chi connectivity index (χ1v) is 19.5. The van der Waals surface area contributed by atoms with E-state index in [2.05, 4.69) is 9.97 Å². The summed E-state index contributed by atoms with van der Waals surface area (Å²) in [6.07, 6.45) is 0.0311. The standard InChI is InChI=1S/C40H39Cl2F2IN6O4/c1-40(2,3)55-39(52)51-24-10-11-25(51)21-50(20-24)37-28-16-29(41)32(33(43)35(28)47-38(44)48-37)36-34(45)30(42)17-31(46-36)49(18-22-6-12-26(53-4)13-7-22)19-23-8-14-27(54-5)15-9-23/h6-9,12-17,24-25H,10-11,18-21H2,1-5H3. The van der Waals surface area contributed by atoms with Gasteiger partial charge in [-0.2, -0.15) is 14.4 Å². The fourth-order valence-electron chi connectivity index (χ4n) is 7.23. The molecule has 2 fully saturated rings. The summed E-state index contributed by atoms with van der Waals surface area (Å²) < 4.78 is 49.1. The number of carbonyl (C=O) groups excluding carboxylic acids is 1. The number of aromatic nitrogens is 3. The van der Waals surface area contributed by atoms with E-state index in [9.17, 15) is 4.79 Å². The van der Waals surface area contributed by atoms with Crippen molar-refractivity contribution in [2.45, 2.75) is 64.4 Å². The predicted molar refractivity (Wildman–Crippen MR) is 218 cm³/mol. The molecule has 7 rings (SSSR count). The average molecular weight is 904 g/mol. The van der Waals surface area contributed by atoms with E-state index in [1.54, 1.807) is 31.3 Å². The molecule has 2 aliphatic heterocycles. The zero-order valence-corrected chi connectivity index (χ0v) is 34.5. The first kappa shape index (κ1) is 39.0. The zero-order valence-electron chi connectivity index (χ0n) is 30.9. The van der Waals surface area contributed by atoms with Crippen LogP contribution in [0, 0.1) is 15.5 Å². The number of ether oxygens (including phenoxy) is 3. The van der Waals surface area contributed by atoms with E-state index in [1.807, 2.05) is 102 Å². The summed E-state index contributed by atoms with van der Waals surface area (Å²) in [6.45, 7) is 7.06. The van der Waals surface area contributed by atoms with E-state index in [4.69, 9.17) is 42.4 Å². The van der Waals surface area contributed by atoms with Crippen LogP contribution in [-0.2, 0) is 17.8 Å². The highest BCUT2D eigenvalue weighted by Gasteiger charge is 2.45. The van der Waals surface area contributed by atoms with Gasteiger partial charge in [-0.05, 0) is 97.7 Å². The zero-order chi connectivity index (χ0) is 39.2. The lowest BCUT2D eigenvalue weighted by Crippen LogP contribution is -2.57. The summed E-state index contributed by atoms with van der Waals surface area (Å²) in [5.41, 5.74) is 1.19. The van der Waals surface area contributed by atoms with Crippen LogP contribution < -0.4 is 19.3 Å². The highest BCUT2D eigenvalue weighted by Crippen LogP contribution is 2.43. The van der Waals surface area contributed by atoms with E-state index in [0.29, 0.717) is 40.6 Å². The second-order valence-electron chi connectivity index (χ2n) is 14.6. The van der Waals surface area contributed by atoms with Gasteiger partial charge in [0.05, 0.1) is 51.2 Å². The van der Waals surface area contributed by atoms with Gasteiger partial charge in [-0.3, -0.25) is 4.90 Å². The van der Waals surface area contributed by atoms with Crippen molar-refractivity contribution in [3.63, 3.8) is 0 Å². The fourth-order valence-corrected chi connectivity index (χ4v) is 8.25. The minimum atomic E-state index is -1.09. The topological polar surface area (TPSA) is 93.2 Å². The van der Waals surface area contributed by atoms with Crippen LogP contribution >= 0.6 is 45.8 Å². The number of fused-ring (bicyclic) bond motifs is 3. The van der Waals surface area contributed by atoms with Gasteiger partial charge in [0, 0.05) is 37.6 Å². The molecular formula is C40H39Cl2F2IN6O4. The van der Waals surface area contributed by atoms with Crippen LogP contribution in [-0.4, -0.2) is 70.9 Å². The Morgan fingerprint density at radius 1 is 0.873 bits per heavy atom. The highest BCUT2D eigenvalue weighted by atomic mass is 127. The molecule has 4 heterocycles. The molecule has 2 aromatic heterocycles. The molecule has 10 nitrogen and oxygen atoms in total. The van der Waals surface area contributed by atoms with E-state index in [0.717, 1.165) is 35.5 Å². The molecule has 2 bridgehead atoms. The summed E-state index contributed by atoms with van der Waals surface area (Å²) in [7, 11) is 3.22. The molecule has 2 unspecified atom stereocenters. The van der Waals surface area contributed by atoms with E-state index < -0.39 is 17.5 Å². The Balaban J connectivity index is 1.27. The first-order valence-electron chi connectivity index (χ1n) is 17.7. The Morgan fingerprint density at radius 3 is 1.96 bits per heavy atom. The molecule has 15 heteroatoms. The Bertz CT molecular complexity index is 2180. The van der Waals surface area contributed by atoms with Crippen molar-refractivity contribution in [1.29, 1.82) is 0 Å². The number of pyridine rings is 1. The van der Waals surface area contributed by atoms with Crippen LogP contribution in [0.25, 0.3) is 22.2 Å².